The van der Waals surface area contributed by atoms with Crippen molar-refractivity contribution >= 4 is 11.8 Å². The lowest BCUT2D eigenvalue weighted by Crippen LogP contribution is -2.50. The third kappa shape index (κ3) is 5.62. The maximum Gasteiger partial charge on any atom is 0.255 e. The molecule has 1 aromatic heterocycles. The number of morpholine rings is 1. The number of nitrogens with zero attached hydrogens (tertiary/aromatic N) is 3. The number of aromatic nitrogens is 1. The molecule has 2 amide bonds. The number of hydrogen-bond acceptors (Lipinski definition) is 5. The van der Waals surface area contributed by atoms with E-state index in [1.807, 2.05) is 18.2 Å². The Labute approximate surface area is 170 Å². The molecule has 0 spiro atoms. The van der Waals surface area contributed by atoms with Crippen molar-refractivity contribution in [3.05, 3.63) is 65.5 Å². The predicted molar refractivity (Wildman–Crippen MR) is 107 cm³/mol. The lowest BCUT2D eigenvalue weighted by Gasteiger charge is -2.35. The third-order valence-corrected chi connectivity index (χ3v) is 4.85. The van der Waals surface area contributed by atoms with E-state index in [0.717, 1.165) is 18.5 Å². The normalized spacial score (nSPS) is 16.1. The number of carbonyl (C=O) groups is 2. The molecule has 1 atom stereocenters. The van der Waals surface area contributed by atoms with E-state index in [4.69, 9.17) is 4.74 Å². The van der Waals surface area contributed by atoms with Gasteiger partial charge in [0.15, 0.2) is 0 Å². The monoisotopic (exact) mass is 392 g/mol. The predicted octanol–water partition coefficient (Wildman–Crippen LogP) is 1.93. The van der Waals surface area contributed by atoms with Crippen molar-refractivity contribution in [2.45, 2.75) is 25.3 Å². The molecule has 0 saturated carbocycles. The lowest BCUT2D eigenvalue weighted by molar-refractivity contribution is -0.123. The van der Waals surface area contributed by atoms with Crippen LogP contribution in [-0.4, -0.2) is 54.0 Å². The molecule has 150 valence electrons. The highest BCUT2D eigenvalue weighted by atomic mass is 16.5. The van der Waals surface area contributed by atoms with Gasteiger partial charge >= 0.3 is 0 Å². The number of amides is 2. The van der Waals surface area contributed by atoms with E-state index in [2.05, 4.69) is 16.4 Å². The summed E-state index contributed by atoms with van der Waals surface area (Å²) in [6, 6.07) is 14.2. The molecule has 1 N–H and O–H groups in total. The first kappa shape index (κ1) is 20.5. The Morgan fingerprint density at radius 1 is 1.24 bits per heavy atom. The molecule has 0 radical (unpaired) electrons. The van der Waals surface area contributed by atoms with Crippen LogP contribution in [0.1, 0.15) is 34.5 Å². The van der Waals surface area contributed by atoms with Gasteiger partial charge in [-0.2, -0.15) is 5.26 Å². The van der Waals surface area contributed by atoms with Crippen LogP contribution in [-0.2, 0) is 16.0 Å². The van der Waals surface area contributed by atoms with Gasteiger partial charge in [-0.05, 0) is 37.1 Å². The fraction of sp³-hybridized carbons (Fsp3) is 0.364. The first-order chi connectivity index (χ1) is 14.2. The van der Waals surface area contributed by atoms with Crippen LogP contribution in [0, 0.1) is 11.3 Å². The van der Waals surface area contributed by atoms with Gasteiger partial charge in [-0.25, -0.2) is 0 Å². The van der Waals surface area contributed by atoms with Crippen LogP contribution in [0.5, 0.6) is 0 Å². The van der Waals surface area contributed by atoms with Gasteiger partial charge in [0.1, 0.15) is 0 Å². The number of carbonyl (C=O) groups excluding carboxylic acids is 2. The summed E-state index contributed by atoms with van der Waals surface area (Å²) in [5.41, 5.74) is 1.69. The van der Waals surface area contributed by atoms with Crippen molar-refractivity contribution in [2.75, 3.05) is 26.3 Å². The van der Waals surface area contributed by atoms with Crippen LogP contribution in [0.15, 0.2) is 48.7 Å². The van der Waals surface area contributed by atoms with Gasteiger partial charge in [0.05, 0.1) is 36.5 Å². The second-order valence-electron chi connectivity index (χ2n) is 6.86. The van der Waals surface area contributed by atoms with E-state index in [-0.39, 0.29) is 24.3 Å². The van der Waals surface area contributed by atoms with Gasteiger partial charge in [0.25, 0.3) is 5.91 Å². The zero-order valence-corrected chi connectivity index (χ0v) is 16.2. The molecule has 29 heavy (non-hydrogen) atoms. The van der Waals surface area contributed by atoms with Crippen LogP contribution in [0.25, 0.3) is 0 Å². The summed E-state index contributed by atoms with van der Waals surface area (Å²) < 4.78 is 5.49. The number of rotatable bonds is 7. The SMILES string of the molecule is N#Cc1ccccc1C(=O)N1CCOC[C@H]1CC(=O)NCCCc1ccccn1. The van der Waals surface area contributed by atoms with Gasteiger partial charge in [0.2, 0.25) is 5.91 Å². The second kappa shape index (κ2) is 10.3. The molecule has 2 heterocycles. The largest absolute Gasteiger partial charge is 0.377 e. The van der Waals surface area contributed by atoms with Crippen molar-refractivity contribution in [1.29, 1.82) is 5.26 Å². The summed E-state index contributed by atoms with van der Waals surface area (Å²) in [5, 5.41) is 12.2. The number of hydrogen-bond donors (Lipinski definition) is 1. The molecular weight excluding hydrogens is 368 g/mol. The topological polar surface area (TPSA) is 95.3 Å². The van der Waals surface area contributed by atoms with E-state index in [0.29, 0.717) is 37.4 Å². The van der Waals surface area contributed by atoms with Crippen LogP contribution in [0.3, 0.4) is 0 Å². The van der Waals surface area contributed by atoms with Crippen molar-refractivity contribution in [1.82, 2.24) is 15.2 Å². The van der Waals surface area contributed by atoms with Crippen molar-refractivity contribution in [3.8, 4) is 6.07 Å². The van der Waals surface area contributed by atoms with E-state index in [1.165, 1.54) is 0 Å². The molecule has 2 aromatic rings. The first-order valence-corrected chi connectivity index (χ1v) is 9.73. The summed E-state index contributed by atoms with van der Waals surface area (Å²) in [4.78, 5) is 31.3. The van der Waals surface area contributed by atoms with Gasteiger partial charge in [0, 0.05) is 31.4 Å². The number of benzene rings is 1. The van der Waals surface area contributed by atoms with Crippen LogP contribution in [0.4, 0.5) is 0 Å². The lowest BCUT2D eigenvalue weighted by atomic mass is 10.0. The van der Waals surface area contributed by atoms with Gasteiger partial charge in [-0.15, -0.1) is 0 Å². The summed E-state index contributed by atoms with van der Waals surface area (Å²) in [7, 11) is 0. The Balaban J connectivity index is 1.53. The highest BCUT2D eigenvalue weighted by Crippen LogP contribution is 2.17. The Morgan fingerprint density at radius 3 is 2.86 bits per heavy atom. The molecular formula is C22H24N4O3. The number of nitrogens with one attached hydrogen (secondary N) is 1. The van der Waals surface area contributed by atoms with Crippen LogP contribution >= 0.6 is 0 Å². The van der Waals surface area contributed by atoms with Gasteiger partial charge in [-0.1, -0.05) is 18.2 Å². The molecule has 0 unspecified atom stereocenters. The van der Waals surface area contributed by atoms with Crippen LogP contribution < -0.4 is 5.32 Å². The number of aryl methyl sites for hydroxylation is 1. The minimum atomic E-state index is -0.348. The summed E-state index contributed by atoms with van der Waals surface area (Å²) in [6.07, 6.45) is 3.52. The Hall–Kier alpha value is -3.24. The Bertz CT molecular complexity index is 879. The van der Waals surface area contributed by atoms with Crippen molar-refractivity contribution < 1.29 is 14.3 Å². The molecule has 1 aromatic carbocycles. The molecule has 0 bridgehead atoms. The van der Waals surface area contributed by atoms with Crippen molar-refractivity contribution in [3.63, 3.8) is 0 Å². The molecule has 1 aliphatic rings. The molecule has 0 aliphatic carbocycles. The highest BCUT2D eigenvalue weighted by Gasteiger charge is 2.30. The average molecular weight is 392 g/mol. The molecule has 1 fully saturated rings. The quantitative estimate of drug-likeness (QED) is 0.727. The van der Waals surface area contributed by atoms with Crippen LogP contribution in [0.2, 0.25) is 0 Å². The maximum absolute atomic E-state index is 13.0. The number of ether oxygens (including phenoxy) is 1. The molecule has 3 rings (SSSR count). The smallest absolute Gasteiger partial charge is 0.255 e. The minimum Gasteiger partial charge on any atom is -0.377 e. The zero-order chi connectivity index (χ0) is 20.5. The third-order valence-electron chi connectivity index (χ3n) is 4.85. The van der Waals surface area contributed by atoms with E-state index >= 15 is 0 Å². The highest BCUT2D eigenvalue weighted by molar-refractivity contribution is 5.97. The minimum absolute atomic E-state index is 0.118. The first-order valence-electron chi connectivity index (χ1n) is 9.73. The second-order valence-corrected chi connectivity index (χ2v) is 6.86. The standard InChI is InChI=1S/C22H24N4O3/c23-15-17-6-1-2-9-20(17)22(28)26-12-13-29-16-19(26)14-21(27)25-11-5-8-18-7-3-4-10-24-18/h1-4,6-7,9-10,19H,5,8,11-14,16H2,(H,25,27)/t19-/m1/s1. The molecule has 7 heteroatoms. The van der Waals surface area contributed by atoms with Crippen molar-refractivity contribution in [2.24, 2.45) is 0 Å². The number of nitriles is 1. The fourth-order valence-electron chi connectivity index (χ4n) is 3.34. The van der Waals surface area contributed by atoms with Gasteiger partial charge < -0.3 is 15.0 Å². The molecule has 1 saturated heterocycles. The summed E-state index contributed by atoms with van der Waals surface area (Å²) in [6.45, 7) is 1.68. The zero-order valence-electron chi connectivity index (χ0n) is 16.2. The fourth-order valence-corrected chi connectivity index (χ4v) is 3.34. The molecule has 1 aliphatic heterocycles. The maximum atomic E-state index is 13.0. The Morgan fingerprint density at radius 2 is 2.07 bits per heavy atom. The average Bonchev–Trinajstić information content (AvgIpc) is 2.77. The Kier molecular flexibility index (Phi) is 7.31. The number of pyridine rings is 1. The summed E-state index contributed by atoms with van der Waals surface area (Å²) in [5.74, 6) is -0.355. The van der Waals surface area contributed by atoms with Gasteiger partial charge in [-0.3, -0.25) is 14.6 Å². The van der Waals surface area contributed by atoms with E-state index in [1.54, 1.807) is 35.4 Å². The molecule has 7 nitrogen and oxygen atoms in total. The van der Waals surface area contributed by atoms with E-state index < -0.39 is 0 Å². The van der Waals surface area contributed by atoms with E-state index in [9.17, 15) is 14.9 Å². The summed E-state index contributed by atoms with van der Waals surface area (Å²) >= 11 is 0.